The van der Waals surface area contributed by atoms with Crippen LogP contribution in [0, 0.1) is 6.92 Å². The Morgan fingerprint density at radius 2 is 1.95 bits per heavy atom. The van der Waals surface area contributed by atoms with E-state index in [0.717, 1.165) is 95.4 Å². The smallest absolute Gasteiger partial charge is 0.260 e. The van der Waals surface area contributed by atoms with Gasteiger partial charge in [-0.1, -0.05) is 17.7 Å². The molecule has 1 N–H and O–H groups in total. The van der Waals surface area contributed by atoms with Crippen molar-refractivity contribution < 1.29 is 4.74 Å². The molecule has 2 aliphatic heterocycles. The molecule has 0 amide bonds. The zero-order valence-corrected chi connectivity index (χ0v) is 22.8. The molecule has 1 unspecified atom stereocenters. The predicted octanol–water partition coefficient (Wildman–Crippen LogP) is 5.50. The first-order valence-electron chi connectivity index (χ1n) is 13.6. The van der Waals surface area contributed by atoms with E-state index in [-0.39, 0.29) is 11.6 Å². The number of aromatic nitrogens is 6. The number of benzene rings is 1. The molecule has 4 aromatic heterocycles. The lowest BCUT2D eigenvalue weighted by Gasteiger charge is -2.23. The van der Waals surface area contributed by atoms with Crippen molar-refractivity contribution >= 4 is 39.1 Å². The molecule has 2 aliphatic rings. The molecule has 0 radical (unpaired) electrons. The standard InChI is InChI=1S/C29H30ClN7O2/c1-17-12-21(26-22(13-17)29(38)35-8-3-9-36-28(35)23(26)15-32-36)18(2)33-24-4-5-25(30)34-27(24)19-14-31-37(16-19)20-6-10-39-11-7-20/h4-5,12-16,18,20,33H,3,6-11H2,1-2H3. The van der Waals surface area contributed by atoms with Crippen LogP contribution < -0.4 is 10.9 Å². The summed E-state index contributed by atoms with van der Waals surface area (Å²) >= 11 is 6.36. The van der Waals surface area contributed by atoms with Gasteiger partial charge in [-0.25, -0.2) is 9.67 Å². The van der Waals surface area contributed by atoms with Gasteiger partial charge in [0.2, 0.25) is 0 Å². The Kier molecular flexibility index (Phi) is 5.93. The molecule has 39 heavy (non-hydrogen) atoms. The molecule has 1 atom stereocenters. The summed E-state index contributed by atoms with van der Waals surface area (Å²) in [4.78, 5) is 18.3. The number of hydrogen-bond acceptors (Lipinski definition) is 6. The molecule has 0 saturated carbocycles. The van der Waals surface area contributed by atoms with Crippen LogP contribution >= 0.6 is 11.6 Å². The van der Waals surface area contributed by atoms with E-state index in [0.29, 0.717) is 11.2 Å². The zero-order chi connectivity index (χ0) is 26.7. The minimum Gasteiger partial charge on any atom is -0.381 e. The second kappa shape index (κ2) is 9.50. The lowest BCUT2D eigenvalue weighted by atomic mass is 9.95. The third-order valence-corrected chi connectivity index (χ3v) is 8.23. The third-order valence-electron chi connectivity index (χ3n) is 8.02. The van der Waals surface area contributed by atoms with Crippen LogP contribution in [0.3, 0.4) is 0 Å². The predicted molar refractivity (Wildman–Crippen MR) is 152 cm³/mol. The van der Waals surface area contributed by atoms with Gasteiger partial charge in [0.15, 0.2) is 0 Å². The maximum absolute atomic E-state index is 13.6. The van der Waals surface area contributed by atoms with Crippen LogP contribution in [-0.2, 0) is 17.8 Å². The van der Waals surface area contributed by atoms with E-state index in [2.05, 4.69) is 33.5 Å². The van der Waals surface area contributed by atoms with Gasteiger partial charge < -0.3 is 10.1 Å². The number of nitrogens with one attached hydrogen (secondary N) is 1. The van der Waals surface area contributed by atoms with Crippen LogP contribution in [0.25, 0.3) is 33.1 Å². The first-order valence-corrected chi connectivity index (χ1v) is 13.9. The van der Waals surface area contributed by atoms with E-state index in [4.69, 9.17) is 16.3 Å². The van der Waals surface area contributed by atoms with Crippen molar-refractivity contribution in [2.24, 2.45) is 0 Å². The zero-order valence-electron chi connectivity index (χ0n) is 22.0. The van der Waals surface area contributed by atoms with Crippen LogP contribution in [0.1, 0.15) is 49.4 Å². The van der Waals surface area contributed by atoms with Gasteiger partial charge in [-0.2, -0.15) is 10.2 Å². The average molecular weight is 544 g/mol. The van der Waals surface area contributed by atoms with Crippen LogP contribution in [0.5, 0.6) is 0 Å². The van der Waals surface area contributed by atoms with Crippen molar-refractivity contribution in [3.05, 3.63) is 69.5 Å². The highest BCUT2D eigenvalue weighted by Crippen LogP contribution is 2.36. The summed E-state index contributed by atoms with van der Waals surface area (Å²) in [5, 5.41) is 16.1. The fourth-order valence-electron chi connectivity index (χ4n) is 6.15. The van der Waals surface area contributed by atoms with E-state index in [1.807, 2.05) is 51.6 Å². The maximum atomic E-state index is 13.6. The second-order valence-electron chi connectivity index (χ2n) is 10.6. The van der Waals surface area contributed by atoms with E-state index < -0.39 is 0 Å². The average Bonchev–Trinajstić information content (AvgIpc) is 3.61. The first-order chi connectivity index (χ1) is 19.0. The highest BCUT2D eigenvalue weighted by molar-refractivity contribution is 6.29. The molecule has 200 valence electrons. The SMILES string of the molecule is Cc1cc(C(C)Nc2ccc(Cl)nc2-c2cnn(C3CCOCC3)c2)c2c(c1)c(=O)n1c3c2cnn3CCC1. The first kappa shape index (κ1) is 24.4. The largest absolute Gasteiger partial charge is 0.381 e. The fraction of sp³-hybridized carbons (Fsp3) is 0.379. The van der Waals surface area contributed by atoms with Crippen molar-refractivity contribution in [2.45, 2.75) is 58.3 Å². The molecule has 6 heterocycles. The van der Waals surface area contributed by atoms with E-state index in [1.165, 1.54) is 0 Å². The maximum Gasteiger partial charge on any atom is 0.260 e. The van der Waals surface area contributed by atoms with Crippen molar-refractivity contribution in [1.29, 1.82) is 0 Å². The molecule has 0 bridgehead atoms. The number of rotatable bonds is 5. The Morgan fingerprint density at radius 1 is 1.10 bits per heavy atom. The molecule has 10 heteroatoms. The topological polar surface area (TPSA) is 91.8 Å². The number of pyridine rings is 2. The van der Waals surface area contributed by atoms with E-state index in [1.54, 1.807) is 6.07 Å². The summed E-state index contributed by atoms with van der Waals surface area (Å²) in [6, 6.07) is 8.12. The number of hydrogen-bond donors (Lipinski definition) is 1. The van der Waals surface area contributed by atoms with Gasteiger partial charge in [0.05, 0.1) is 29.8 Å². The second-order valence-corrected chi connectivity index (χ2v) is 11.0. The van der Waals surface area contributed by atoms with Crippen LogP contribution in [-0.4, -0.2) is 42.3 Å². The van der Waals surface area contributed by atoms with Gasteiger partial charge in [-0.15, -0.1) is 0 Å². The Balaban J connectivity index is 1.31. The van der Waals surface area contributed by atoms with Crippen molar-refractivity contribution in [3.63, 3.8) is 0 Å². The minimum atomic E-state index is -0.121. The Labute approximate surface area is 230 Å². The van der Waals surface area contributed by atoms with Gasteiger partial charge >= 0.3 is 0 Å². The summed E-state index contributed by atoms with van der Waals surface area (Å²) in [6.45, 7) is 7.20. The quantitative estimate of drug-likeness (QED) is 0.294. The van der Waals surface area contributed by atoms with Crippen molar-refractivity contribution in [1.82, 2.24) is 29.1 Å². The number of aryl methyl sites for hydroxylation is 3. The minimum absolute atomic E-state index is 0.0467. The number of ether oxygens (including phenoxy) is 1. The molecular weight excluding hydrogens is 514 g/mol. The fourth-order valence-corrected chi connectivity index (χ4v) is 6.30. The Morgan fingerprint density at radius 3 is 2.79 bits per heavy atom. The number of fused-ring (bicyclic) bond motifs is 2. The van der Waals surface area contributed by atoms with Crippen molar-refractivity contribution in [3.8, 4) is 11.3 Å². The summed E-state index contributed by atoms with van der Waals surface area (Å²) < 4.78 is 11.4. The monoisotopic (exact) mass is 543 g/mol. The van der Waals surface area contributed by atoms with E-state index >= 15 is 0 Å². The lowest BCUT2D eigenvalue weighted by Crippen LogP contribution is -2.27. The molecule has 1 fully saturated rings. The molecule has 1 saturated heterocycles. The van der Waals surface area contributed by atoms with Gasteiger partial charge in [0.1, 0.15) is 10.8 Å². The van der Waals surface area contributed by atoms with Gasteiger partial charge in [0.25, 0.3) is 5.56 Å². The molecule has 0 spiro atoms. The summed E-state index contributed by atoms with van der Waals surface area (Å²) in [5.74, 6) is 0. The van der Waals surface area contributed by atoms with Crippen molar-refractivity contribution in [2.75, 3.05) is 18.5 Å². The van der Waals surface area contributed by atoms with Crippen LogP contribution in [0.4, 0.5) is 5.69 Å². The Bertz CT molecular complexity index is 1780. The summed E-state index contributed by atoms with van der Waals surface area (Å²) in [5.41, 5.74) is 5.56. The van der Waals surface area contributed by atoms with Crippen LogP contribution in [0.2, 0.25) is 5.15 Å². The lowest BCUT2D eigenvalue weighted by molar-refractivity contribution is 0.0662. The van der Waals surface area contributed by atoms with Gasteiger partial charge in [0, 0.05) is 60.3 Å². The number of nitrogens with zero attached hydrogens (tertiary/aromatic N) is 6. The normalized spacial score (nSPS) is 16.7. The molecule has 7 rings (SSSR count). The van der Waals surface area contributed by atoms with E-state index in [9.17, 15) is 4.79 Å². The molecule has 5 aromatic rings. The van der Waals surface area contributed by atoms with Gasteiger partial charge in [-0.05, 0) is 62.4 Å². The molecular formula is C29H30ClN7O2. The number of anilines is 1. The summed E-state index contributed by atoms with van der Waals surface area (Å²) in [7, 11) is 0. The Hall–Kier alpha value is -3.69. The molecule has 9 nitrogen and oxygen atoms in total. The third kappa shape index (κ3) is 4.11. The van der Waals surface area contributed by atoms with Crippen LogP contribution in [0.15, 0.2) is 47.7 Å². The highest BCUT2D eigenvalue weighted by Gasteiger charge is 2.24. The highest BCUT2D eigenvalue weighted by atomic mass is 35.5. The number of halogens is 1. The summed E-state index contributed by atoms with van der Waals surface area (Å²) in [6.07, 6.45) is 8.60. The molecule has 0 aliphatic carbocycles. The van der Waals surface area contributed by atoms with Gasteiger partial charge in [-0.3, -0.25) is 14.0 Å². The molecule has 1 aromatic carbocycles.